The van der Waals surface area contributed by atoms with Crippen molar-refractivity contribution in [3.05, 3.63) is 71.3 Å². The Hall–Kier alpha value is -2.13. The van der Waals surface area contributed by atoms with Crippen LogP contribution in [0.15, 0.2) is 54.6 Å². The second-order valence-corrected chi connectivity index (χ2v) is 5.50. The summed E-state index contributed by atoms with van der Waals surface area (Å²) in [5.74, 6) is 0.326. The SMILES string of the molecule is NCC(CN1CCc2ccccc2C1=O)c1ccccc1. The van der Waals surface area contributed by atoms with Crippen LogP contribution in [0.5, 0.6) is 0 Å². The first-order chi connectivity index (χ1) is 10.3. The monoisotopic (exact) mass is 280 g/mol. The van der Waals surface area contributed by atoms with Gasteiger partial charge in [0.2, 0.25) is 0 Å². The average Bonchev–Trinajstić information content (AvgIpc) is 2.55. The van der Waals surface area contributed by atoms with E-state index in [4.69, 9.17) is 5.73 Å². The normalized spacial score (nSPS) is 15.7. The van der Waals surface area contributed by atoms with Gasteiger partial charge in [0.25, 0.3) is 5.91 Å². The predicted octanol–water partition coefficient (Wildman–Crippen LogP) is 2.43. The minimum absolute atomic E-state index is 0.131. The Morgan fingerprint density at radius 3 is 2.52 bits per heavy atom. The Kier molecular flexibility index (Phi) is 4.02. The topological polar surface area (TPSA) is 46.3 Å². The van der Waals surface area contributed by atoms with Crippen LogP contribution in [0.25, 0.3) is 0 Å². The van der Waals surface area contributed by atoms with Crippen LogP contribution in [-0.4, -0.2) is 30.4 Å². The zero-order valence-electron chi connectivity index (χ0n) is 12.0. The molecule has 3 nitrogen and oxygen atoms in total. The van der Waals surface area contributed by atoms with Crippen LogP contribution in [0.2, 0.25) is 0 Å². The largest absolute Gasteiger partial charge is 0.338 e. The Labute approximate surface area is 125 Å². The first-order valence-electron chi connectivity index (χ1n) is 7.42. The van der Waals surface area contributed by atoms with Crippen LogP contribution in [-0.2, 0) is 6.42 Å². The van der Waals surface area contributed by atoms with E-state index in [2.05, 4.69) is 12.1 Å². The summed E-state index contributed by atoms with van der Waals surface area (Å²) in [6, 6.07) is 18.1. The molecule has 1 atom stereocenters. The van der Waals surface area contributed by atoms with Gasteiger partial charge in [0.05, 0.1) is 0 Å². The fourth-order valence-corrected chi connectivity index (χ4v) is 2.96. The van der Waals surface area contributed by atoms with Crippen LogP contribution in [0, 0.1) is 0 Å². The maximum atomic E-state index is 12.6. The van der Waals surface area contributed by atoms with Crippen LogP contribution in [0.4, 0.5) is 0 Å². The number of amides is 1. The zero-order chi connectivity index (χ0) is 14.7. The van der Waals surface area contributed by atoms with E-state index in [-0.39, 0.29) is 11.8 Å². The summed E-state index contributed by atoms with van der Waals surface area (Å²) in [6.45, 7) is 2.02. The number of benzene rings is 2. The van der Waals surface area contributed by atoms with Crippen LogP contribution in [0.1, 0.15) is 27.4 Å². The zero-order valence-corrected chi connectivity index (χ0v) is 12.0. The molecule has 0 aromatic heterocycles. The number of hydrogen-bond acceptors (Lipinski definition) is 2. The second-order valence-electron chi connectivity index (χ2n) is 5.50. The summed E-state index contributed by atoms with van der Waals surface area (Å²) >= 11 is 0. The lowest BCUT2D eigenvalue weighted by Gasteiger charge is -2.31. The quantitative estimate of drug-likeness (QED) is 0.935. The molecule has 3 heteroatoms. The van der Waals surface area contributed by atoms with Crippen molar-refractivity contribution in [3.8, 4) is 0 Å². The average molecular weight is 280 g/mol. The van der Waals surface area contributed by atoms with Gasteiger partial charge in [-0.1, -0.05) is 48.5 Å². The second kappa shape index (κ2) is 6.10. The molecule has 0 spiro atoms. The third-order valence-corrected chi connectivity index (χ3v) is 4.18. The molecule has 1 amide bonds. The van der Waals surface area contributed by atoms with Gasteiger partial charge in [-0.25, -0.2) is 0 Å². The predicted molar refractivity (Wildman–Crippen MR) is 84.3 cm³/mol. The molecule has 0 radical (unpaired) electrons. The summed E-state index contributed by atoms with van der Waals surface area (Å²) in [5.41, 5.74) is 9.12. The van der Waals surface area contributed by atoms with Crippen LogP contribution < -0.4 is 5.73 Å². The molecule has 108 valence electrons. The highest BCUT2D eigenvalue weighted by Gasteiger charge is 2.26. The summed E-state index contributed by atoms with van der Waals surface area (Å²) < 4.78 is 0. The Morgan fingerprint density at radius 2 is 1.76 bits per heavy atom. The van der Waals surface area contributed by atoms with Gasteiger partial charge in [-0.2, -0.15) is 0 Å². The molecule has 2 aromatic rings. The molecule has 1 aliphatic heterocycles. The lowest BCUT2D eigenvalue weighted by molar-refractivity contribution is 0.0730. The van der Waals surface area contributed by atoms with Gasteiger partial charge >= 0.3 is 0 Å². The van der Waals surface area contributed by atoms with Gasteiger partial charge in [-0.3, -0.25) is 4.79 Å². The number of nitrogens with two attached hydrogens (primary N) is 1. The van der Waals surface area contributed by atoms with Crippen LogP contribution >= 0.6 is 0 Å². The number of carbonyl (C=O) groups excluding carboxylic acids is 1. The maximum Gasteiger partial charge on any atom is 0.254 e. The first kappa shape index (κ1) is 13.8. The van der Waals surface area contributed by atoms with E-state index in [1.165, 1.54) is 5.56 Å². The van der Waals surface area contributed by atoms with Crippen molar-refractivity contribution in [2.45, 2.75) is 12.3 Å². The Balaban J connectivity index is 1.78. The van der Waals surface area contributed by atoms with Crippen molar-refractivity contribution in [3.63, 3.8) is 0 Å². The van der Waals surface area contributed by atoms with Gasteiger partial charge in [-0.05, 0) is 23.6 Å². The smallest absolute Gasteiger partial charge is 0.254 e. The van der Waals surface area contributed by atoms with Gasteiger partial charge in [0.1, 0.15) is 0 Å². The highest BCUT2D eigenvalue weighted by molar-refractivity contribution is 5.96. The fourth-order valence-electron chi connectivity index (χ4n) is 2.96. The Bertz CT molecular complexity index is 624. The van der Waals surface area contributed by atoms with Gasteiger partial charge < -0.3 is 10.6 Å². The van der Waals surface area contributed by atoms with E-state index in [0.717, 1.165) is 24.1 Å². The molecule has 0 saturated carbocycles. The van der Waals surface area contributed by atoms with Crippen molar-refractivity contribution in [1.82, 2.24) is 4.90 Å². The third-order valence-electron chi connectivity index (χ3n) is 4.18. The van der Waals surface area contributed by atoms with E-state index >= 15 is 0 Å². The third kappa shape index (κ3) is 2.83. The highest BCUT2D eigenvalue weighted by Crippen LogP contribution is 2.22. The molecule has 2 aromatic carbocycles. The molecule has 2 N–H and O–H groups in total. The minimum atomic E-state index is 0.131. The van der Waals surface area contributed by atoms with Crippen molar-refractivity contribution >= 4 is 5.91 Å². The fraction of sp³-hybridized carbons (Fsp3) is 0.278. The molecule has 1 unspecified atom stereocenters. The maximum absolute atomic E-state index is 12.6. The number of nitrogens with zero attached hydrogens (tertiary/aromatic N) is 1. The molecule has 0 saturated heterocycles. The lowest BCUT2D eigenvalue weighted by atomic mass is 9.95. The highest BCUT2D eigenvalue weighted by atomic mass is 16.2. The summed E-state index contributed by atoms with van der Waals surface area (Å²) in [4.78, 5) is 14.5. The lowest BCUT2D eigenvalue weighted by Crippen LogP contribution is -2.41. The molecular formula is C18H20N2O. The molecule has 1 aliphatic rings. The molecule has 3 rings (SSSR count). The Morgan fingerprint density at radius 1 is 1.05 bits per heavy atom. The van der Waals surface area contributed by atoms with E-state index in [9.17, 15) is 4.79 Å². The molecule has 0 bridgehead atoms. The molecule has 0 aliphatic carbocycles. The first-order valence-corrected chi connectivity index (χ1v) is 7.42. The van der Waals surface area contributed by atoms with E-state index < -0.39 is 0 Å². The number of hydrogen-bond donors (Lipinski definition) is 1. The van der Waals surface area contributed by atoms with Crippen LogP contribution in [0.3, 0.4) is 0 Å². The summed E-state index contributed by atoms with van der Waals surface area (Å²) in [7, 11) is 0. The van der Waals surface area contributed by atoms with E-state index in [0.29, 0.717) is 13.1 Å². The van der Waals surface area contributed by atoms with Gasteiger partial charge in [-0.15, -0.1) is 0 Å². The molecule has 21 heavy (non-hydrogen) atoms. The number of rotatable bonds is 4. The number of carbonyl (C=O) groups is 1. The van der Waals surface area contributed by atoms with Crippen molar-refractivity contribution in [2.75, 3.05) is 19.6 Å². The van der Waals surface area contributed by atoms with Gasteiger partial charge in [0, 0.05) is 31.1 Å². The van der Waals surface area contributed by atoms with E-state index in [1.54, 1.807) is 0 Å². The van der Waals surface area contributed by atoms with E-state index in [1.807, 2.05) is 47.4 Å². The summed E-state index contributed by atoms with van der Waals surface area (Å²) in [6.07, 6.45) is 0.925. The van der Waals surface area contributed by atoms with Crippen molar-refractivity contribution in [2.24, 2.45) is 5.73 Å². The van der Waals surface area contributed by atoms with Crippen molar-refractivity contribution in [1.29, 1.82) is 0 Å². The van der Waals surface area contributed by atoms with Gasteiger partial charge in [0.15, 0.2) is 0 Å². The molecule has 1 heterocycles. The molecule has 0 fully saturated rings. The molecular weight excluding hydrogens is 260 g/mol. The minimum Gasteiger partial charge on any atom is -0.338 e. The number of fused-ring (bicyclic) bond motifs is 1. The van der Waals surface area contributed by atoms with Crippen molar-refractivity contribution < 1.29 is 4.79 Å². The standard InChI is InChI=1S/C18H20N2O/c19-12-16(14-6-2-1-3-7-14)13-20-11-10-15-8-4-5-9-17(15)18(20)21/h1-9,16H,10-13,19H2. The summed E-state index contributed by atoms with van der Waals surface area (Å²) in [5, 5.41) is 0.